The van der Waals surface area contributed by atoms with E-state index >= 15 is 0 Å². The van der Waals surface area contributed by atoms with E-state index in [2.05, 4.69) is 19.1 Å². The Bertz CT molecular complexity index is 461. The van der Waals surface area contributed by atoms with Gasteiger partial charge in [-0.3, -0.25) is 0 Å². The van der Waals surface area contributed by atoms with Crippen LogP contribution in [0.2, 0.25) is 0 Å². The van der Waals surface area contributed by atoms with Crippen LogP contribution in [0, 0.1) is 17.8 Å². The molecule has 2 aliphatic carbocycles. The normalized spacial score (nSPS) is 31.0. The molecule has 1 N–H and O–H groups in total. The molecule has 2 saturated carbocycles. The van der Waals surface area contributed by atoms with E-state index in [0.29, 0.717) is 5.75 Å². The van der Waals surface area contributed by atoms with Gasteiger partial charge in [-0.25, -0.2) is 0 Å². The number of hydrogen-bond donors (Lipinski definition) is 1. The van der Waals surface area contributed by atoms with Crippen LogP contribution in [0.3, 0.4) is 0 Å². The first kappa shape index (κ1) is 17.8. The van der Waals surface area contributed by atoms with E-state index in [-0.39, 0.29) is 0 Å². The topological polar surface area (TPSA) is 20.2 Å². The van der Waals surface area contributed by atoms with Gasteiger partial charge in [-0.1, -0.05) is 57.6 Å². The second kappa shape index (κ2) is 8.92. The molecular weight excluding hydrogens is 292 g/mol. The molecule has 0 aromatic heterocycles. The summed E-state index contributed by atoms with van der Waals surface area (Å²) in [5.74, 6) is 4.18. The summed E-state index contributed by atoms with van der Waals surface area (Å²) in [6.45, 7) is 2.31. The summed E-state index contributed by atoms with van der Waals surface area (Å²) >= 11 is 0. The zero-order valence-corrected chi connectivity index (χ0v) is 15.6. The van der Waals surface area contributed by atoms with Crippen LogP contribution in [0.15, 0.2) is 24.3 Å². The molecule has 0 unspecified atom stereocenters. The molecule has 1 aromatic carbocycles. The molecule has 1 aromatic rings. The zero-order valence-electron chi connectivity index (χ0n) is 15.6. The Kier molecular flexibility index (Phi) is 6.63. The van der Waals surface area contributed by atoms with Crippen molar-refractivity contribution in [1.29, 1.82) is 0 Å². The number of aromatic hydroxyl groups is 1. The minimum atomic E-state index is 0.392. The van der Waals surface area contributed by atoms with E-state index in [0.717, 1.165) is 23.7 Å². The molecule has 134 valence electrons. The molecule has 0 radical (unpaired) electrons. The largest absolute Gasteiger partial charge is 0.508 e. The fourth-order valence-electron chi connectivity index (χ4n) is 5.30. The van der Waals surface area contributed by atoms with Crippen molar-refractivity contribution in [2.45, 2.75) is 89.9 Å². The van der Waals surface area contributed by atoms with E-state index in [4.69, 9.17) is 0 Å². The number of rotatable bonds is 6. The van der Waals surface area contributed by atoms with Crippen molar-refractivity contribution in [2.75, 3.05) is 0 Å². The van der Waals surface area contributed by atoms with Crippen molar-refractivity contribution in [3.8, 4) is 5.75 Å². The Labute approximate surface area is 148 Å². The molecular formula is C23H36O. The van der Waals surface area contributed by atoms with Gasteiger partial charge >= 0.3 is 0 Å². The smallest absolute Gasteiger partial charge is 0.115 e. The summed E-state index contributed by atoms with van der Waals surface area (Å²) in [6.07, 6.45) is 17.3. The summed E-state index contributed by atoms with van der Waals surface area (Å²) in [6, 6.07) is 7.95. The molecule has 0 amide bonds. The van der Waals surface area contributed by atoms with E-state index in [1.807, 2.05) is 12.1 Å². The zero-order chi connectivity index (χ0) is 16.8. The minimum absolute atomic E-state index is 0.392. The van der Waals surface area contributed by atoms with Gasteiger partial charge in [-0.15, -0.1) is 0 Å². The van der Waals surface area contributed by atoms with Gasteiger partial charge in [0.1, 0.15) is 5.75 Å². The molecule has 3 rings (SSSR count). The highest BCUT2D eigenvalue weighted by molar-refractivity contribution is 5.28. The Morgan fingerprint density at radius 2 is 1.38 bits per heavy atom. The average molecular weight is 329 g/mol. The van der Waals surface area contributed by atoms with Crippen molar-refractivity contribution in [1.82, 2.24) is 0 Å². The lowest BCUT2D eigenvalue weighted by atomic mass is 9.68. The summed E-state index contributed by atoms with van der Waals surface area (Å²) in [7, 11) is 0. The predicted octanol–water partition coefficient (Wildman–Crippen LogP) is 7.05. The van der Waals surface area contributed by atoms with Gasteiger partial charge in [0.05, 0.1) is 0 Å². The first-order valence-corrected chi connectivity index (χ1v) is 10.5. The number of phenolic OH excluding ortho intramolecular Hbond substituents is 1. The van der Waals surface area contributed by atoms with Crippen LogP contribution in [-0.2, 0) is 0 Å². The number of hydrogen-bond acceptors (Lipinski definition) is 1. The van der Waals surface area contributed by atoms with Crippen LogP contribution in [0.25, 0.3) is 0 Å². The van der Waals surface area contributed by atoms with Crippen molar-refractivity contribution in [3.05, 3.63) is 29.8 Å². The van der Waals surface area contributed by atoms with Crippen LogP contribution >= 0.6 is 0 Å². The number of phenols is 1. The van der Waals surface area contributed by atoms with Gasteiger partial charge in [0.25, 0.3) is 0 Å². The third kappa shape index (κ3) is 4.77. The lowest BCUT2D eigenvalue weighted by Crippen LogP contribution is -2.25. The number of benzene rings is 1. The molecule has 1 heteroatoms. The van der Waals surface area contributed by atoms with Gasteiger partial charge < -0.3 is 5.11 Å². The Morgan fingerprint density at radius 1 is 0.792 bits per heavy atom. The maximum atomic E-state index is 9.46. The Morgan fingerprint density at radius 3 is 1.96 bits per heavy atom. The Balaban J connectivity index is 1.40. The molecule has 2 aliphatic rings. The molecule has 0 spiro atoms. The SMILES string of the molecule is CCCCCC1CCC(C2CCC(c3ccc(O)cc3)CC2)CC1. The molecule has 0 atom stereocenters. The van der Waals surface area contributed by atoms with Gasteiger partial charge in [0.2, 0.25) is 0 Å². The van der Waals surface area contributed by atoms with Crippen molar-refractivity contribution in [2.24, 2.45) is 17.8 Å². The van der Waals surface area contributed by atoms with Gasteiger partial charge in [-0.05, 0) is 79.9 Å². The highest BCUT2D eigenvalue weighted by Gasteiger charge is 2.31. The molecule has 0 bridgehead atoms. The second-order valence-corrected chi connectivity index (χ2v) is 8.48. The van der Waals surface area contributed by atoms with Crippen molar-refractivity contribution >= 4 is 0 Å². The predicted molar refractivity (Wildman–Crippen MR) is 102 cm³/mol. The van der Waals surface area contributed by atoms with Gasteiger partial charge in [0, 0.05) is 0 Å². The molecule has 1 nitrogen and oxygen atoms in total. The standard InChI is InChI=1S/C23H36O/c1-2-3-4-5-18-6-8-19(9-7-18)20-10-12-21(13-11-20)22-14-16-23(24)17-15-22/h14-21,24H,2-13H2,1H3. The van der Waals surface area contributed by atoms with E-state index in [1.165, 1.54) is 82.6 Å². The van der Waals surface area contributed by atoms with Crippen LogP contribution in [0.1, 0.15) is 95.5 Å². The summed E-state index contributed by atoms with van der Waals surface area (Å²) in [5.41, 5.74) is 1.44. The monoisotopic (exact) mass is 328 g/mol. The first-order valence-electron chi connectivity index (χ1n) is 10.5. The van der Waals surface area contributed by atoms with Crippen LogP contribution in [-0.4, -0.2) is 5.11 Å². The molecule has 24 heavy (non-hydrogen) atoms. The lowest BCUT2D eigenvalue weighted by molar-refractivity contribution is 0.155. The van der Waals surface area contributed by atoms with Crippen LogP contribution in [0.4, 0.5) is 0 Å². The summed E-state index contributed by atoms with van der Waals surface area (Å²) in [4.78, 5) is 0. The summed E-state index contributed by atoms with van der Waals surface area (Å²) in [5, 5.41) is 9.46. The van der Waals surface area contributed by atoms with Crippen LogP contribution < -0.4 is 0 Å². The third-order valence-corrected chi connectivity index (χ3v) is 6.91. The van der Waals surface area contributed by atoms with Crippen LogP contribution in [0.5, 0.6) is 5.75 Å². The van der Waals surface area contributed by atoms with E-state index < -0.39 is 0 Å². The fourth-order valence-corrected chi connectivity index (χ4v) is 5.30. The fraction of sp³-hybridized carbons (Fsp3) is 0.739. The first-order chi connectivity index (χ1) is 11.8. The molecule has 0 saturated heterocycles. The molecule has 2 fully saturated rings. The van der Waals surface area contributed by atoms with Gasteiger partial charge in [0.15, 0.2) is 0 Å². The third-order valence-electron chi connectivity index (χ3n) is 6.91. The van der Waals surface area contributed by atoms with Crippen molar-refractivity contribution < 1.29 is 5.11 Å². The molecule has 0 aliphatic heterocycles. The average Bonchev–Trinajstić information content (AvgIpc) is 2.63. The van der Waals surface area contributed by atoms with Crippen molar-refractivity contribution in [3.63, 3.8) is 0 Å². The lowest BCUT2D eigenvalue weighted by Gasteiger charge is -2.38. The number of unbranched alkanes of at least 4 members (excludes halogenated alkanes) is 2. The highest BCUT2D eigenvalue weighted by Crippen LogP contribution is 2.44. The maximum absolute atomic E-state index is 9.46. The van der Waals surface area contributed by atoms with E-state index in [9.17, 15) is 5.11 Å². The van der Waals surface area contributed by atoms with Gasteiger partial charge in [-0.2, -0.15) is 0 Å². The summed E-state index contributed by atoms with van der Waals surface area (Å²) < 4.78 is 0. The minimum Gasteiger partial charge on any atom is -0.508 e. The highest BCUT2D eigenvalue weighted by atomic mass is 16.3. The Hall–Kier alpha value is -0.980. The second-order valence-electron chi connectivity index (χ2n) is 8.48. The quantitative estimate of drug-likeness (QED) is 0.554. The van der Waals surface area contributed by atoms with E-state index in [1.54, 1.807) is 0 Å². The molecule has 0 heterocycles. The maximum Gasteiger partial charge on any atom is 0.115 e.